The molecule has 0 saturated carbocycles. The van der Waals surface area contributed by atoms with Crippen molar-refractivity contribution in [2.45, 2.75) is 13.5 Å². The lowest BCUT2D eigenvalue weighted by molar-refractivity contribution is 0.0784. The van der Waals surface area contributed by atoms with Gasteiger partial charge in [-0.25, -0.2) is 0 Å². The van der Waals surface area contributed by atoms with Crippen LogP contribution in [0.4, 0.5) is 0 Å². The molecular formula is C19H16BrClN2O2. The van der Waals surface area contributed by atoms with Crippen molar-refractivity contribution in [2.75, 3.05) is 7.05 Å². The van der Waals surface area contributed by atoms with Crippen LogP contribution in [0.1, 0.15) is 21.7 Å². The molecule has 0 unspecified atom stereocenters. The predicted octanol–water partition coefficient (Wildman–Crippen LogP) is 5.34. The molecule has 0 atom stereocenters. The number of carbonyl (C=O) groups is 1. The van der Waals surface area contributed by atoms with Crippen molar-refractivity contribution in [1.29, 1.82) is 0 Å². The smallest absolute Gasteiger partial charge is 0.259 e. The minimum atomic E-state index is -0.156. The molecule has 25 heavy (non-hydrogen) atoms. The number of nitrogens with zero attached hydrogens (tertiary/aromatic N) is 2. The van der Waals surface area contributed by atoms with Gasteiger partial charge in [-0.3, -0.25) is 4.79 Å². The second-order valence-corrected chi connectivity index (χ2v) is 7.05. The highest BCUT2D eigenvalue weighted by atomic mass is 79.9. The zero-order valence-electron chi connectivity index (χ0n) is 13.8. The number of halogens is 2. The van der Waals surface area contributed by atoms with Gasteiger partial charge < -0.3 is 9.42 Å². The Hall–Kier alpha value is -2.11. The van der Waals surface area contributed by atoms with Crippen LogP contribution in [0.5, 0.6) is 0 Å². The Bertz CT molecular complexity index is 906. The van der Waals surface area contributed by atoms with Crippen molar-refractivity contribution < 1.29 is 9.32 Å². The van der Waals surface area contributed by atoms with E-state index in [1.165, 1.54) is 0 Å². The van der Waals surface area contributed by atoms with Crippen LogP contribution < -0.4 is 0 Å². The minimum Gasteiger partial charge on any atom is -0.360 e. The highest BCUT2D eigenvalue weighted by Crippen LogP contribution is 2.31. The Balaban J connectivity index is 1.91. The van der Waals surface area contributed by atoms with E-state index >= 15 is 0 Å². The van der Waals surface area contributed by atoms with Crippen LogP contribution in [-0.2, 0) is 6.54 Å². The first kappa shape index (κ1) is 17.7. The summed E-state index contributed by atoms with van der Waals surface area (Å²) in [6.45, 7) is 2.22. The maximum atomic E-state index is 13.0. The molecule has 0 aliphatic heterocycles. The van der Waals surface area contributed by atoms with Crippen molar-refractivity contribution in [3.63, 3.8) is 0 Å². The number of carbonyl (C=O) groups excluding carboxylic acids is 1. The third kappa shape index (κ3) is 3.78. The molecule has 0 spiro atoms. The van der Waals surface area contributed by atoms with E-state index in [0.29, 0.717) is 34.1 Å². The van der Waals surface area contributed by atoms with Crippen LogP contribution in [0.15, 0.2) is 57.5 Å². The predicted molar refractivity (Wildman–Crippen MR) is 102 cm³/mol. The van der Waals surface area contributed by atoms with E-state index in [2.05, 4.69) is 21.1 Å². The maximum absolute atomic E-state index is 13.0. The standard InChI is InChI=1S/C19H16BrClN2O2/c1-12-17(18(22-25-12)15-5-3-4-6-16(15)21)19(24)23(2)11-13-7-9-14(20)10-8-13/h3-10H,11H2,1-2H3. The first-order valence-corrected chi connectivity index (χ1v) is 8.85. The van der Waals surface area contributed by atoms with Gasteiger partial charge in [-0.05, 0) is 30.7 Å². The van der Waals surface area contributed by atoms with E-state index in [4.69, 9.17) is 16.1 Å². The van der Waals surface area contributed by atoms with E-state index in [0.717, 1.165) is 10.0 Å². The van der Waals surface area contributed by atoms with Gasteiger partial charge in [0, 0.05) is 23.6 Å². The zero-order valence-corrected chi connectivity index (χ0v) is 16.1. The van der Waals surface area contributed by atoms with Gasteiger partial charge in [0.15, 0.2) is 0 Å². The summed E-state index contributed by atoms with van der Waals surface area (Å²) in [6.07, 6.45) is 0. The summed E-state index contributed by atoms with van der Waals surface area (Å²) < 4.78 is 6.28. The Kier molecular flexibility index (Phi) is 5.25. The van der Waals surface area contributed by atoms with Crippen molar-refractivity contribution in [3.8, 4) is 11.3 Å². The van der Waals surface area contributed by atoms with E-state index < -0.39 is 0 Å². The molecule has 1 aromatic heterocycles. The van der Waals surface area contributed by atoms with Crippen LogP contribution >= 0.6 is 27.5 Å². The van der Waals surface area contributed by atoms with Crippen LogP contribution in [-0.4, -0.2) is 23.0 Å². The lowest BCUT2D eigenvalue weighted by Crippen LogP contribution is -2.27. The monoisotopic (exact) mass is 418 g/mol. The first-order valence-electron chi connectivity index (χ1n) is 7.68. The average molecular weight is 420 g/mol. The molecule has 1 heterocycles. The fourth-order valence-corrected chi connectivity index (χ4v) is 3.08. The van der Waals surface area contributed by atoms with E-state index in [-0.39, 0.29) is 5.91 Å². The Morgan fingerprint density at radius 1 is 1.20 bits per heavy atom. The summed E-state index contributed by atoms with van der Waals surface area (Å²) in [5, 5.41) is 4.58. The Morgan fingerprint density at radius 3 is 2.56 bits per heavy atom. The second-order valence-electron chi connectivity index (χ2n) is 5.73. The fourth-order valence-electron chi connectivity index (χ4n) is 2.59. The van der Waals surface area contributed by atoms with Crippen molar-refractivity contribution in [3.05, 3.63) is 74.9 Å². The van der Waals surface area contributed by atoms with E-state index in [1.54, 1.807) is 24.9 Å². The zero-order chi connectivity index (χ0) is 18.0. The summed E-state index contributed by atoms with van der Waals surface area (Å²) in [6, 6.07) is 15.1. The topological polar surface area (TPSA) is 46.3 Å². The summed E-state index contributed by atoms with van der Waals surface area (Å²) in [4.78, 5) is 14.6. The first-order chi connectivity index (χ1) is 12.0. The third-order valence-corrected chi connectivity index (χ3v) is 4.74. The molecule has 4 nitrogen and oxygen atoms in total. The molecule has 0 aliphatic rings. The largest absolute Gasteiger partial charge is 0.360 e. The number of hydrogen-bond donors (Lipinski definition) is 0. The van der Waals surface area contributed by atoms with E-state index in [1.807, 2.05) is 42.5 Å². The average Bonchev–Trinajstić information content (AvgIpc) is 2.98. The van der Waals surface area contributed by atoms with Gasteiger partial charge >= 0.3 is 0 Å². The summed E-state index contributed by atoms with van der Waals surface area (Å²) in [5.74, 6) is 0.319. The SMILES string of the molecule is Cc1onc(-c2ccccc2Cl)c1C(=O)N(C)Cc1ccc(Br)cc1. The molecule has 3 rings (SSSR count). The number of aryl methyl sites for hydroxylation is 1. The van der Waals surface area contributed by atoms with Gasteiger partial charge in [0.05, 0.1) is 5.02 Å². The molecule has 0 aliphatic carbocycles. The van der Waals surface area contributed by atoms with Gasteiger partial charge in [0.2, 0.25) is 0 Å². The van der Waals surface area contributed by atoms with Crippen molar-refractivity contribution in [1.82, 2.24) is 10.1 Å². The molecule has 0 N–H and O–H groups in total. The number of benzene rings is 2. The van der Waals surface area contributed by atoms with Gasteiger partial charge in [0.1, 0.15) is 17.0 Å². The van der Waals surface area contributed by atoms with Crippen molar-refractivity contribution >= 4 is 33.4 Å². The van der Waals surface area contributed by atoms with Crippen LogP contribution in [0.25, 0.3) is 11.3 Å². The number of aromatic nitrogens is 1. The lowest BCUT2D eigenvalue weighted by atomic mass is 10.0. The molecule has 0 radical (unpaired) electrons. The summed E-state index contributed by atoms with van der Waals surface area (Å²) in [5.41, 5.74) is 2.62. The van der Waals surface area contributed by atoms with Gasteiger partial charge in [-0.2, -0.15) is 0 Å². The lowest BCUT2D eigenvalue weighted by Gasteiger charge is -2.17. The summed E-state index contributed by atoms with van der Waals surface area (Å²) in [7, 11) is 1.76. The number of amides is 1. The van der Waals surface area contributed by atoms with Crippen LogP contribution in [0.3, 0.4) is 0 Å². The highest BCUT2D eigenvalue weighted by molar-refractivity contribution is 9.10. The molecule has 0 saturated heterocycles. The molecule has 1 amide bonds. The molecule has 3 aromatic rings. The molecule has 0 bridgehead atoms. The molecule has 6 heteroatoms. The molecule has 0 fully saturated rings. The van der Waals surface area contributed by atoms with Gasteiger partial charge in [-0.1, -0.05) is 63.0 Å². The number of hydrogen-bond acceptors (Lipinski definition) is 3. The fraction of sp³-hybridized carbons (Fsp3) is 0.158. The summed E-state index contributed by atoms with van der Waals surface area (Å²) >= 11 is 9.67. The third-order valence-electron chi connectivity index (χ3n) is 3.89. The van der Waals surface area contributed by atoms with Crippen LogP contribution in [0.2, 0.25) is 5.02 Å². The molecule has 128 valence electrons. The van der Waals surface area contributed by atoms with Crippen molar-refractivity contribution in [2.24, 2.45) is 0 Å². The highest BCUT2D eigenvalue weighted by Gasteiger charge is 2.25. The maximum Gasteiger partial charge on any atom is 0.259 e. The normalized spacial score (nSPS) is 10.7. The number of rotatable bonds is 4. The van der Waals surface area contributed by atoms with Crippen LogP contribution in [0, 0.1) is 6.92 Å². The quantitative estimate of drug-likeness (QED) is 0.573. The van der Waals surface area contributed by atoms with Gasteiger partial charge in [-0.15, -0.1) is 0 Å². The van der Waals surface area contributed by atoms with E-state index in [9.17, 15) is 4.79 Å². The van der Waals surface area contributed by atoms with Gasteiger partial charge in [0.25, 0.3) is 5.91 Å². The minimum absolute atomic E-state index is 0.156. The Morgan fingerprint density at radius 2 is 1.88 bits per heavy atom. The molecular weight excluding hydrogens is 404 g/mol. The second kappa shape index (κ2) is 7.42. The Labute approximate surface area is 159 Å². The molecule has 2 aromatic carbocycles.